The first-order valence-electron chi connectivity index (χ1n) is 8.52. The fourth-order valence-corrected chi connectivity index (χ4v) is 2.75. The van der Waals surface area contributed by atoms with E-state index in [1.807, 2.05) is 36.1 Å². The summed E-state index contributed by atoms with van der Waals surface area (Å²) in [6.45, 7) is 5.99. The van der Waals surface area contributed by atoms with Gasteiger partial charge < -0.3 is 15.0 Å². The highest BCUT2D eigenvalue weighted by molar-refractivity contribution is 5.79. The Bertz CT molecular complexity index is 554. The number of benzene rings is 1. The minimum absolute atomic E-state index is 0.0630. The number of ether oxygens (including phenoxy) is 1. The van der Waals surface area contributed by atoms with Crippen molar-refractivity contribution in [3.8, 4) is 5.75 Å². The lowest BCUT2D eigenvalue weighted by atomic mass is 10.1. The van der Waals surface area contributed by atoms with Crippen molar-refractivity contribution in [1.29, 1.82) is 0 Å². The monoisotopic (exact) mass is 333 g/mol. The number of amides is 2. The number of methoxy groups -OCH3 is 1. The molecular weight excluding hydrogens is 306 g/mol. The van der Waals surface area contributed by atoms with Crippen LogP contribution in [-0.2, 0) is 16.0 Å². The summed E-state index contributed by atoms with van der Waals surface area (Å²) in [5, 5.41) is 2.88. The summed E-state index contributed by atoms with van der Waals surface area (Å²) in [6.07, 6.45) is 1.33. The van der Waals surface area contributed by atoms with Crippen LogP contribution in [0.5, 0.6) is 5.75 Å². The highest BCUT2D eigenvalue weighted by atomic mass is 16.5. The van der Waals surface area contributed by atoms with E-state index in [-0.39, 0.29) is 11.8 Å². The van der Waals surface area contributed by atoms with Crippen LogP contribution in [0.1, 0.15) is 18.9 Å². The topological polar surface area (TPSA) is 61.9 Å². The second-order valence-electron chi connectivity index (χ2n) is 6.04. The molecule has 6 heteroatoms. The Kier molecular flexibility index (Phi) is 7.06. The van der Waals surface area contributed by atoms with E-state index in [0.29, 0.717) is 26.1 Å². The number of hydrogen-bond acceptors (Lipinski definition) is 4. The fraction of sp³-hybridized carbons (Fsp3) is 0.556. The average molecular weight is 333 g/mol. The molecule has 1 aliphatic heterocycles. The number of nitrogens with zero attached hydrogens (tertiary/aromatic N) is 2. The van der Waals surface area contributed by atoms with E-state index < -0.39 is 0 Å². The van der Waals surface area contributed by atoms with E-state index in [9.17, 15) is 9.59 Å². The molecule has 1 N–H and O–H groups in total. The first-order valence-corrected chi connectivity index (χ1v) is 8.52. The van der Waals surface area contributed by atoms with E-state index in [1.165, 1.54) is 0 Å². The fourth-order valence-electron chi connectivity index (χ4n) is 2.75. The van der Waals surface area contributed by atoms with Gasteiger partial charge in [-0.25, -0.2) is 0 Å². The Morgan fingerprint density at radius 1 is 1.21 bits per heavy atom. The van der Waals surface area contributed by atoms with E-state index >= 15 is 0 Å². The highest BCUT2D eigenvalue weighted by Gasteiger charge is 2.22. The van der Waals surface area contributed by atoms with Gasteiger partial charge in [0.15, 0.2) is 0 Å². The van der Waals surface area contributed by atoms with Gasteiger partial charge in [-0.3, -0.25) is 14.5 Å². The number of piperazine rings is 1. The van der Waals surface area contributed by atoms with Crippen LogP contribution in [0.3, 0.4) is 0 Å². The maximum atomic E-state index is 12.4. The molecule has 0 aliphatic carbocycles. The van der Waals surface area contributed by atoms with Crippen molar-refractivity contribution in [2.75, 3.05) is 46.4 Å². The van der Waals surface area contributed by atoms with Crippen molar-refractivity contribution in [3.63, 3.8) is 0 Å². The first kappa shape index (κ1) is 18.3. The van der Waals surface area contributed by atoms with Crippen LogP contribution in [0.15, 0.2) is 24.3 Å². The van der Waals surface area contributed by atoms with Gasteiger partial charge in [0.1, 0.15) is 5.75 Å². The van der Waals surface area contributed by atoms with Gasteiger partial charge >= 0.3 is 0 Å². The minimum Gasteiger partial charge on any atom is -0.497 e. The molecule has 0 saturated carbocycles. The summed E-state index contributed by atoms with van der Waals surface area (Å²) < 4.78 is 5.19. The van der Waals surface area contributed by atoms with Gasteiger partial charge in [-0.05, 0) is 24.1 Å². The van der Waals surface area contributed by atoms with Gasteiger partial charge in [0, 0.05) is 32.7 Å². The van der Waals surface area contributed by atoms with Gasteiger partial charge in [0.2, 0.25) is 11.8 Å². The van der Waals surface area contributed by atoms with Crippen LogP contribution in [-0.4, -0.2) is 68.0 Å². The summed E-state index contributed by atoms with van der Waals surface area (Å²) in [7, 11) is 1.62. The second kappa shape index (κ2) is 9.27. The summed E-state index contributed by atoms with van der Waals surface area (Å²) in [5.41, 5.74) is 0.959. The van der Waals surface area contributed by atoms with Crippen molar-refractivity contribution in [2.45, 2.75) is 19.8 Å². The SMILES string of the molecule is CCCNC(=O)CN1CCN(C(=O)Cc2cccc(OC)c2)CC1. The highest BCUT2D eigenvalue weighted by Crippen LogP contribution is 2.14. The van der Waals surface area contributed by atoms with Crippen LogP contribution in [0.4, 0.5) is 0 Å². The van der Waals surface area contributed by atoms with Gasteiger partial charge in [-0.2, -0.15) is 0 Å². The van der Waals surface area contributed by atoms with Gasteiger partial charge in [0.05, 0.1) is 20.1 Å². The third kappa shape index (κ3) is 5.53. The molecule has 0 aromatic heterocycles. The number of carbonyl (C=O) groups is 2. The second-order valence-corrected chi connectivity index (χ2v) is 6.04. The van der Waals surface area contributed by atoms with E-state index in [0.717, 1.165) is 37.4 Å². The zero-order chi connectivity index (χ0) is 17.4. The van der Waals surface area contributed by atoms with Crippen molar-refractivity contribution >= 4 is 11.8 Å². The Morgan fingerprint density at radius 3 is 2.62 bits per heavy atom. The summed E-state index contributed by atoms with van der Waals surface area (Å²) >= 11 is 0. The van der Waals surface area contributed by atoms with Crippen LogP contribution in [0.25, 0.3) is 0 Å². The predicted octanol–water partition coefficient (Wildman–Crippen LogP) is 0.908. The molecular formula is C18H27N3O3. The lowest BCUT2D eigenvalue weighted by Crippen LogP contribution is -2.51. The van der Waals surface area contributed by atoms with Gasteiger partial charge in [0.25, 0.3) is 0 Å². The molecule has 0 spiro atoms. The molecule has 1 saturated heterocycles. The number of nitrogens with one attached hydrogen (secondary N) is 1. The van der Waals surface area contributed by atoms with Gasteiger partial charge in [-0.15, -0.1) is 0 Å². The Labute approximate surface area is 143 Å². The third-order valence-corrected chi connectivity index (χ3v) is 4.15. The smallest absolute Gasteiger partial charge is 0.234 e. The third-order valence-electron chi connectivity index (χ3n) is 4.15. The van der Waals surface area contributed by atoms with E-state index in [4.69, 9.17) is 4.74 Å². The molecule has 2 rings (SSSR count). The molecule has 2 amide bonds. The molecule has 0 atom stereocenters. The Morgan fingerprint density at radius 2 is 1.96 bits per heavy atom. The van der Waals surface area contributed by atoms with Gasteiger partial charge in [-0.1, -0.05) is 19.1 Å². The zero-order valence-corrected chi connectivity index (χ0v) is 14.6. The van der Waals surface area contributed by atoms with E-state index in [1.54, 1.807) is 7.11 Å². The molecule has 1 heterocycles. The van der Waals surface area contributed by atoms with E-state index in [2.05, 4.69) is 10.2 Å². The molecule has 0 radical (unpaired) electrons. The Balaban J connectivity index is 1.77. The van der Waals surface area contributed by atoms with Crippen LogP contribution >= 0.6 is 0 Å². The minimum atomic E-state index is 0.0630. The summed E-state index contributed by atoms with van der Waals surface area (Å²) in [5.74, 6) is 0.953. The predicted molar refractivity (Wildman–Crippen MR) is 93.0 cm³/mol. The van der Waals surface area contributed by atoms with Crippen LogP contribution < -0.4 is 10.1 Å². The molecule has 1 aromatic carbocycles. The molecule has 1 aliphatic rings. The molecule has 1 fully saturated rings. The summed E-state index contributed by atoms with van der Waals surface area (Å²) in [4.78, 5) is 28.1. The zero-order valence-electron chi connectivity index (χ0n) is 14.6. The molecule has 132 valence electrons. The van der Waals surface area contributed by atoms with Crippen molar-refractivity contribution < 1.29 is 14.3 Å². The first-order chi connectivity index (χ1) is 11.6. The molecule has 6 nitrogen and oxygen atoms in total. The van der Waals surface area contributed by atoms with Crippen LogP contribution in [0.2, 0.25) is 0 Å². The molecule has 24 heavy (non-hydrogen) atoms. The quantitative estimate of drug-likeness (QED) is 0.806. The number of rotatable bonds is 7. The standard InChI is InChI=1S/C18H27N3O3/c1-3-7-19-17(22)14-20-8-10-21(11-9-20)18(23)13-15-5-4-6-16(12-15)24-2/h4-6,12H,3,7-11,13-14H2,1-2H3,(H,19,22). The van der Waals surface area contributed by atoms with Crippen molar-refractivity contribution in [2.24, 2.45) is 0 Å². The molecule has 1 aromatic rings. The van der Waals surface area contributed by atoms with Crippen molar-refractivity contribution in [3.05, 3.63) is 29.8 Å². The summed E-state index contributed by atoms with van der Waals surface area (Å²) in [6, 6.07) is 7.60. The van der Waals surface area contributed by atoms with Crippen LogP contribution in [0, 0.1) is 0 Å². The molecule has 0 unspecified atom stereocenters. The normalized spacial score (nSPS) is 15.2. The lowest BCUT2D eigenvalue weighted by Gasteiger charge is -2.34. The molecule has 0 bridgehead atoms. The number of hydrogen-bond donors (Lipinski definition) is 1. The largest absolute Gasteiger partial charge is 0.497 e. The number of carbonyl (C=O) groups excluding carboxylic acids is 2. The maximum Gasteiger partial charge on any atom is 0.234 e. The maximum absolute atomic E-state index is 12.4. The van der Waals surface area contributed by atoms with Crippen molar-refractivity contribution in [1.82, 2.24) is 15.1 Å². The average Bonchev–Trinajstić information content (AvgIpc) is 2.60. The Hall–Kier alpha value is -2.08. The lowest BCUT2D eigenvalue weighted by molar-refractivity contribution is -0.132.